The summed E-state index contributed by atoms with van der Waals surface area (Å²) in [5.74, 6) is 0. The third-order valence-electron chi connectivity index (χ3n) is 9.22. The van der Waals surface area contributed by atoms with E-state index in [1.807, 2.05) is 0 Å². The average molecular weight is 564 g/mol. The molecule has 8 rings (SSSR count). The molecule has 0 amide bonds. The molecule has 1 aliphatic rings. The topological polar surface area (TPSA) is 3.24 Å². The highest BCUT2D eigenvalue weighted by Gasteiger charge is 2.38. The Labute approximate surface area is 259 Å². The number of para-hydroxylation sites is 1. The van der Waals surface area contributed by atoms with Gasteiger partial charge in [-0.15, -0.1) is 0 Å². The molecule has 0 N–H and O–H groups in total. The van der Waals surface area contributed by atoms with Crippen molar-refractivity contribution in [2.24, 2.45) is 0 Å². The lowest BCUT2D eigenvalue weighted by atomic mass is 9.78. The molecule has 1 aliphatic carbocycles. The van der Waals surface area contributed by atoms with E-state index in [0.717, 1.165) is 11.4 Å². The molecule has 0 saturated carbocycles. The molecule has 0 heterocycles. The van der Waals surface area contributed by atoms with Crippen LogP contribution in [-0.2, 0) is 5.41 Å². The molecule has 0 atom stereocenters. The maximum Gasteiger partial charge on any atom is 0.0546 e. The number of fused-ring (bicyclic) bond motifs is 4. The largest absolute Gasteiger partial charge is 0.310 e. The van der Waals surface area contributed by atoms with Gasteiger partial charge in [0.2, 0.25) is 0 Å². The molecule has 0 bridgehead atoms. The van der Waals surface area contributed by atoms with E-state index in [4.69, 9.17) is 0 Å². The van der Waals surface area contributed by atoms with Crippen LogP contribution in [0, 0.1) is 0 Å². The first-order valence-corrected chi connectivity index (χ1v) is 15.4. The van der Waals surface area contributed by atoms with Crippen LogP contribution < -0.4 is 4.90 Å². The average Bonchev–Trinajstić information content (AvgIpc) is 3.32. The quantitative estimate of drug-likeness (QED) is 0.201. The molecule has 0 aliphatic heterocycles. The summed E-state index contributed by atoms with van der Waals surface area (Å²) in [5, 5.41) is 2.49. The minimum atomic E-state index is -0.166. The zero-order valence-corrected chi connectivity index (χ0v) is 25.0. The van der Waals surface area contributed by atoms with Crippen LogP contribution in [0.15, 0.2) is 164 Å². The number of rotatable bonds is 5. The monoisotopic (exact) mass is 563 g/mol. The number of hydrogen-bond donors (Lipinski definition) is 0. The third-order valence-corrected chi connectivity index (χ3v) is 9.22. The van der Waals surface area contributed by atoms with Gasteiger partial charge in [-0.05, 0) is 80.0 Å². The fourth-order valence-electron chi connectivity index (χ4n) is 7.23. The van der Waals surface area contributed by atoms with Gasteiger partial charge < -0.3 is 4.90 Å². The first kappa shape index (κ1) is 26.2. The van der Waals surface area contributed by atoms with Crippen molar-refractivity contribution in [3.8, 4) is 33.4 Å². The van der Waals surface area contributed by atoms with Gasteiger partial charge in [0.1, 0.15) is 0 Å². The Morgan fingerprint density at radius 1 is 0.455 bits per heavy atom. The fraction of sp³-hybridized carbons (Fsp3) is 0.0698. The van der Waals surface area contributed by atoms with Crippen molar-refractivity contribution < 1.29 is 0 Å². The minimum absolute atomic E-state index is 0.166. The molecule has 7 aromatic rings. The van der Waals surface area contributed by atoms with Gasteiger partial charge in [0.05, 0.1) is 5.69 Å². The van der Waals surface area contributed by atoms with Crippen molar-refractivity contribution >= 4 is 27.8 Å². The maximum absolute atomic E-state index is 2.44. The van der Waals surface area contributed by atoms with Gasteiger partial charge in [0.25, 0.3) is 0 Å². The summed E-state index contributed by atoms with van der Waals surface area (Å²) in [5.41, 5.74) is 13.7. The summed E-state index contributed by atoms with van der Waals surface area (Å²) in [6.45, 7) is 4.76. The molecule has 210 valence electrons. The molecule has 0 unspecified atom stereocenters. The molecule has 0 fully saturated rings. The molecule has 0 spiro atoms. The van der Waals surface area contributed by atoms with Gasteiger partial charge in [0.15, 0.2) is 0 Å². The zero-order chi connectivity index (χ0) is 29.7. The molecular formula is C43H33N. The Kier molecular flexibility index (Phi) is 6.20. The molecule has 1 nitrogen and oxygen atoms in total. The van der Waals surface area contributed by atoms with Crippen molar-refractivity contribution in [3.63, 3.8) is 0 Å². The van der Waals surface area contributed by atoms with Gasteiger partial charge in [0, 0.05) is 22.4 Å². The molecule has 0 aromatic heterocycles. The van der Waals surface area contributed by atoms with Crippen LogP contribution in [0.1, 0.15) is 25.0 Å². The van der Waals surface area contributed by atoms with E-state index in [9.17, 15) is 0 Å². The van der Waals surface area contributed by atoms with E-state index in [-0.39, 0.29) is 5.41 Å². The number of hydrogen-bond acceptors (Lipinski definition) is 1. The fourth-order valence-corrected chi connectivity index (χ4v) is 7.23. The predicted octanol–water partition coefficient (Wildman–Crippen LogP) is 11.9. The van der Waals surface area contributed by atoms with Crippen LogP contribution in [0.25, 0.3) is 44.2 Å². The van der Waals surface area contributed by atoms with Crippen molar-refractivity contribution in [1.29, 1.82) is 0 Å². The van der Waals surface area contributed by atoms with Crippen molar-refractivity contribution in [3.05, 3.63) is 175 Å². The highest BCUT2D eigenvalue weighted by atomic mass is 15.1. The van der Waals surface area contributed by atoms with Crippen LogP contribution in [0.5, 0.6) is 0 Å². The van der Waals surface area contributed by atoms with Crippen molar-refractivity contribution in [2.75, 3.05) is 4.90 Å². The van der Waals surface area contributed by atoms with E-state index in [0.29, 0.717) is 0 Å². The van der Waals surface area contributed by atoms with Crippen molar-refractivity contribution in [1.82, 2.24) is 0 Å². The normalized spacial score (nSPS) is 13.0. The minimum Gasteiger partial charge on any atom is -0.310 e. The van der Waals surface area contributed by atoms with Gasteiger partial charge in [-0.25, -0.2) is 0 Å². The Hall–Kier alpha value is -5.40. The highest BCUT2D eigenvalue weighted by molar-refractivity contribution is 6.05. The van der Waals surface area contributed by atoms with Gasteiger partial charge in [-0.3, -0.25) is 0 Å². The summed E-state index contributed by atoms with van der Waals surface area (Å²) in [4.78, 5) is 2.44. The first-order valence-electron chi connectivity index (χ1n) is 15.4. The second-order valence-corrected chi connectivity index (χ2v) is 12.2. The van der Waals surface area contributed by atoms with E-state index in [2.05, 4.69) is 183 Å². The SMILES string of the molecule is CC1(C)c2cc(N(c3ccccc3)c3ccc4ccccc4c3-c3ccccc3)ccc2-c2cccc(-c3ccccc3)c21. The molecule has 7 aromatic carbocycles. The predicted molar refractivity (Wildman–Crippen MR) is 187 cm³/mol. The zero-order valence-electron chi connectivity index (χ0n) is 25.0. The van der Waals surface area contributed by atoms with Gasteiger partial charge >= 0.3 is 0 Å². The van der Waals surface area contributed by atoms with Crippen molar-refractivity contribution in [2.45, 2.75) is 19.3 Å². The summed E-state index contributed by atoms with van der Waals surface area (Å²) >= 11 is 0. The molecule has 0 saturated heterocycles. The van der Waals surface area contributed by atoms with Crippen LogP contribution in [0.3, 0.4) is 0 Å². The Morgan fingerprint density at radius 3 is 1.84 bits per heavy atom. The number of anilines is 3. The van der Waals surface area contributed by atoms with E-state index < -0.39 is 0 Å². The first-order chi connectivity index (χ1) is 21.6. The lowest BCUT2D eigenvalue weighted by Crippen LogP contribution is -2.18. The standard InChI is InChI=1S/C43H33N/c1-43(2)39-29-34(26-27-37(39)38-24-14-23-36(42(38)43)30-15-6-3-7-16-30)44(33-20-10-5-11-21-33)40-28-25-31-17-12-13-22-35(31)41(40)32-18-8-4-9-19-32/h3-29H,1-2H3. The summed E-state index contributed by atoms with van der Waals surface area (Å²) < 4.78 is 0. The lowest BCUT2D eigenvalue weighted by molar-refractivity contribution is 0.662. The Balaban J connectivity index is 1.36. The highest BCUT2D eigenvalue weighted by Crippen LogP contribution is 2.54. The van der Waals surface area contributed by atoms with E-state index >= 15 is 0 Å². The second kappa shape index (κ2) is 10.4. The smallest absolute Gasteiger partial charge is 0.0546 e. The van der Waals surface area contributed by atoms with Gasteiger partial charge in [-0.1, -0.05) is 147 Å². The summed E-state index contributed by atoms with van der Waals surface area (Å²) in [7, 11) is 0. The molecular weight excluding hydrogens is 530 g/mol. The molecule has 1 heteroatoms. The number of nitrogens with zero attached hydrogens (tertiary/aromatic N) is 1. The van der Waals surface area contributed by atoms with Gasteiger partial charge in [-0.2, -0.15) is 0 Å². The molecule has 0 radical (unpaired) electrons. The number of benzene rings is 7. The third kappa shape index (κ3) is 4.16. The van der Waals surface area contributed by atoms with E-state index in [1.54, 1.807) is 0 Å². The summed E-state index contributed by atoms with van der Waals surface area (Å²) in [6, 6.07) is 59.5. The lowest BCUT2D eigenvalue weighted by Gasteiger charge is -2.30. The maximum atomic E-state index is 2.44. The van der Waals surface area contributed by atoms with Crippen LogP contribution in [0.2, 0.25) is 0 Å². The van der Waals surface area contributed by atoms with Crippen LogP contribution in [0.4, 0.5) is 17.1 Å². The van der Waals surface area contributed by atoms with Crippen LogP contribution in [-0.4, -0.2) is 0 Å². The molecule has 44 heavy (non-hydrogen) atoms. The summed E-state index contributed by atoms with van der Waals surface area (Å²) in [6.07, 6.45) is 0. The Morgan fingerprint density at radius 2 is 1.09 bits per heavy atom. The van der Waals surface area contributed by atoms with E-state index in [1.165, 1.54) is 61.0 Å². The Bertz CT molecular complexity index is 2130. The second-order valence-electron chi connectivity index (χ2n) is 12.2. The van der Waals surface area contributed by atoms with Crippen LogP contribution >= 0.6 is 0 Å².